The van der Waals surface area contributed by atoms with Crippen molar-refractivity contribution in [1.29, 1.82) is 0 Å². The average molecular weight is 482 g/mol. The summed E-state index contributed by atoms with van der Waals surface area (Å²) in [6, 6.07) is 18.5. The lowest BCUT2D eigenvalue weighted by molar-refractivity contribution is -0.125. The van der Waals surface area contributed by atoms with Gasteiger partial charge >= 0.3 is 0 Å². The Kier molecular flexibility index (Phi) is 6.47. The van der Waals surface area contributed by atoms with Crippen molar-refractivity contribution in [3.05, 3.63) is 75.4 Å². The molecule has 3 aromatic rings. The molecule has 0 radical (unpaired) electrons. The second kappa shape index (κ2) is 9.65. The zero-order chi connectivity index (χ0) is 22.8. The van der Waals surface area contributed by atoms with Crippen LogP contribution >= 0.6 is 22.9 Å². The number of ether oxygens (including phenoxy) is 1. The number of methoxy groups -OCH3 is 1. The maximum absolute atomic E-state index is 13.4. The zero-order valence-corrected chi connectivity index (χ0v) is 20.2. The van der Waals surface area contributed by atoms with E-state index in [1.807, 2.05) is 18.2 Å². The van der Waals surface area contributed by atoms with Crippen LogP contribution in [0.5, 0.6) is 5.75 Å². The number of carbonyl (C=O) groups is 1. The highest BCUT2D eigenvalue weighted by Gasteiger charge is 2.41. The zero-order valence-electron chi connectivity index (χ0n) is 18.7. The van der Waals surface area contributed by atoms with Gasteiger partial charge in [-0.2, -0.15) is 0 Å². The molecule has 0 aliphatic carbocycles. The summed E-state index contributed by atoms with van der Waals surface area (Å²) in [7, 11) is 1.68. The topological polar surface area (TPSA) is 44.8 Å². The predicted octanol–water partition coefficient (Wildman–Crippen LogP) is 4.64. The average Bonchev–Trinajstić information content (AvgIpc) is 3.36. The Morgan fingerprint density at radius 3 is 2.85 bits per heavy atom. The summed E-state index contributed by atoms with van der Waals surface area (Å²) in [6.07, 6.45) is 1.62. The van der Waals surface area contributed by atoms with E-state index >= 15 is 0 Å². The molecule has 0 unspecified atom stereocenters. The van der Waals surface area contributed by atoms with Gasteiger partial charge in [0.2, 0.25) is 5.91 Å². The Morgan fingerprint density at radius 2 is 2.03 bits per heavy atom. The van der Waals surface area contributed by atoms with E-state index in [1.54, 1.807) is 18.4 Å². The highest BCUT2D eigenvalue weighted by atomic mass is 35.5. The minimum Gasteiger partial charge on any atom is -0.495 e. The van der Waals surface area contributed by atoms with Gasteiger partial charge in [-0.3, -0.25) is 4.79 Å². The van der Waals surface area contributed by atoms with Crippen LogP contribution in [0.15, 0.2) is 60.0 Å². The molecular weight excluding hydrogens is 454 g/mol. The molecule has 7 heteroatoms. The van der Waals surface area contributed by atoms with E-state index in [9.17, 15) is 4.79 Å². The molecular formula is C26H28ClN3O2S. The van der Waals surface area contributed by atoms with Crippen LogP contribution < -0.4 is 19.9 Å². The Hall–Kier alpha value is -2.70. The quantitative estimate of drug-likeness (QED) is 0.557. The van der Waals surface area contributed by atoms with Gasteiger partial charge in [-0.1, -0.05) is 35.9 Å². The van der Waals surface area contributed by atoms with Crippen molar-refractivity contribution in [3.8, 4) is 5.75 Å². The van der Waals surface area contributed by atoms with Crippen LogP contribution in [0.4, 0.5) is 11.4 Å². The minimum absolute atomic E-state index is 0.0825. The van der Waals surface area contributed by atoms with Gasteiger partial charge in [0.25, 0.3) is 0 Å². The summed E-state index contributed by atoms with van der Waals surface area (Å²) < 4.78 is 5.62. The number of fused-ring (bicyclic) bond motifs is 3. The van der Waals surface area contributed by atoms with Gasteiger partial charge in [0.1, 0.15) is 5.75 Å². The van der Waals surface area contributed by atoms with Crippen molar-refractivity contribution >= 4 is 40.2 Å². The first-order valence-corrected chi connectivity index (χ1v) is 12.6. The maximum atomic E-state index is 13.4. The van der Waals surface area contributed by atoms with Crippen molar-refractivity contribution in [3.63, 3.8) is 0 Å². The molecule has 1 fully saturated rings. The van der Waals surface area contributed by atoms with Crippen molar-refractivity contribution in [2.24, 2.45) is 5.92 Å². The number of hydrogen-bond acceptors (Lipinski definition) is 5. The van der Waals surface area contributed by atoms with Crippen molar-refractivity contribution in [2.45, 2.75) is 18.9 Å². The highest BCUT2D eigenvalue weighted by Crippen LogP contribution is 2.39. The van der Waals surface area contributed by atoms with Crippen molar-refractivity contribution in [1.82, 2.24) is 5.32 Å². The van der Waals surface area contributed by atoms with Gasteiger partial charge in [-0.05, 0) is 54.1 Å². The van der Waals surface area contributed by atoms with Crippen LogP contribution in [-0.4, -0.2) is 45.2 Å². The van der Waals surface area contributed by atoms with Gasteiger partial charge in [0.05, 0.1) is 24.8 Å². The molecule has 5 nitrogen and oxygen atoms in total. The summed E-state index contributed by atoms with van der Waals surface area (Å²) in [6.45, 7) is 3.09. The first-order valence-electron chi connectivity index (χ1n) is 11.4. The van der Waals surface area contributed by atoms with E-state index < -0.39 is 0 Å². The number of anilines is 2. The standard InChI is InChI=1S/C26H28ClN3O2S/c1-32-25-9-8-19(27)16-23(25)29-12-13-30-22-7-3-2-5-18(22)15-21(24(30)17-29)26(31)28-11-10-20-6-4-14-33-20/h2-9,14,16,21,24H,10-13,15,17H2,1H3,(H,28,31)/t21-,24-/m0/s1. The number of para-hydroxylation sites is 1. The third kappa shape index (κ3) is 4.55. The molecule has 0 spiro atoms. The maximum Gasteiger partial charge on any atom is 0.225 e. The number of piperazine rings is 1. The number of halogens is 1. The van der Waals surface area contributed by atoms with E-state index in [2.05, 4.69) is 56.9 Å². The summed E-state index contributed by atoms with van der Waals surface area (Å²) in [5.74, 6) is 0.827. The molecule has 2 aromatic carbocycles. The van der Waals surface area contributed by atoms with E-state index in [1.165, 1.54) is 16.1 Å². The van der Waals surface area contributed by atoms with Crippen LogP contribution in [0.3, 0.4) is 0 Å². The van der Waals surface area contributed by atoms with Gasteiger partial charge < -0.3 is 19.9 Å². The number of rotatable bonds is 6. The summed E-state index contributed by atoms with van der Waals surface area (Å²) in [5, 5.41) is 5.98. The molecule has 0 saturated carbocycles. The van der Waals surface area contributed by atoms with E-state index in [0.29, 0.717) is 11.6 Å². The minimum atomic E-state index is -0.115. The lowest BCUT2D eigenvalue weighted by Gasteiger charge is -2.49. The number of benzene rings is 2. The Morgan fingerprint density at radius 1 is 1.15 bits per heavy atom. The molecule has 1 amide bonds. The number of hydrogen-bond donors (Lipinski definition) is 1. The number of amides is 1. The van der Waals surface area contributed by atoms with Crippen LogP contribution in [-0.2, 0) is 17.6 Å². The fraction of sp³-hybridized carbons (Fsp3) is 0.346. The Balaban J connectivity index is 1.39. The lowest BCUT2D eigenvalue weighted by atomic mass is 9.83. The number of nitrogens with zero attached hydrogens (tertiary/aromatic N) is 2. The normalized spacial score (nSPS) is 19.6. The van der Waals surface area contributed by atoms with E-state index in [4.69, 9.17) is 16.3 Å². The van der Waals surface area contributed by atoms with Crippen molar-refractivity contribution < 1.29 is 9.53 Å². The molecule has 2 aliphatic heterocycles. The summed E-state index contributed by atoms with van der Waals surface area (Å²) >= 11 is 8.05. The molecule has 1 N–H and O–H groups in total. The first-order chi connectivity index (χ1) is 16.1. The molecule has 3 heterocycles. The number of thiophene rings is 1. The summed E-state index contributed by atoms with van der Waals surface area (Å²) in [5.41, 5.74) is 3.49. The van der Waals surface area contributed by atoms with Crippen molar-refractivity contribution in [2.75, 3.05) is 43.1 Å². The van der Waals surface area contributed by atoms with Gasteiger partial charge in [0, 0.05) is 41.8 Å². The summed E-state index contributed by atoms with van der Waals surface area (Å²) in [4.78, 5) is 19.4. The molecule has 2 aliphatic rings. The van der Waals surface area contributed by atoms with E-state index in [0.717, 1.165) is 43.9 Å². The Labute approximate surface area is 203 Å². The van der Waals surface area contributed by atoms with Gasteiger partial charge in [-0.15, -0.1) is 11.3 Å². The van der Waals surface area contributed by atoms with Crippen LogP contribution in [0.25, 0.3) is 0 Å². The largest absolute Gasteiger partial charge is 0.495 e. The Bertz CT molecular complexity index is 1120. The van der Waals surface area contributed by atoms with Crippen LogP contribution in [0, 0.1) is 5.92 Å². The fourth-order valence-electron chi connectivity index (χ4n) is 5.08. The SMILES string of the molecule is COc1ccc(Cl)cc1N1CCN2c3ccccc3C[C@H](C(=O)NCCc3cccs3)[C@@H]2C1. The molecule has 2 atom stereocenters. The first kappa shape index (κ1) is 22.1. The molecule has 172 valence electrons. The highest BCUT2D eigenvalue weighted by molar-refractivity contribution is 7.09. The lowest BCUT2D eigenvalue weighted by Crippen LogP contribution is -2.61. The van der Waals surface area contributed by atoms with Gasteiger partial charge in [0.15, 0.2) is 0 Å². The molecule has 1 saturated heterocycles. The third-order valence-corrected chi connectivity index (χ3v) is 7.86. The number of carbonyl (C=O) groups excluding carboxylic acids is 1. The molecule has 1 aromatic heterocycles. The fourth-order valence-corrected chi connectivity index (χ4v) is 5.96. The number of nitrogens with one attached hydrogen (secondary N) is 1. The predicted molar refractivity (Wildman–Crippen MR) is 136 cm³/mol. The molecule has 0 bridgehead atoms. The molecule has 33 heavy (non-hydrogen) atoms. The second-order valence-corrected chi connectivity index (χ2v) is 10.1. The van der Waals surface area contributed by atoms with Gasteiger partial charge in [-0.25, -0.2) is 0 Å². The third-order valence-electron chi connectivity index (χ3n) is 6.69. The smallest absolute Gasteiger partial charge is 0.225 e. The van der Waals surface area contributed by atoms with E-state index in [-0.39, 0.29) is 17.9 Å². The van der Waals surface area contributed by atoms with Crippen LogP contribution in [0.2, 0.25) is 5.02 Å². The molecule has 5 rings (SSSR count). The van der Waals surface area contributed by atoms with Crippen LogP contribution in [0.1, 0.15) is 10.4 Å². The monoisotopic (exact) mass is 481 g/mol. The second-order valence-electron chi connectivity index (χ2n) is 8.58.